The minimum atomic E-state index is -0.0211. The van der Waals surface area contributed by atoms with E-state index in [2.05, 4.69) is 37.1 Å². The molecule has 0 saturated carbocycles. The lowest BCUT2D eigenvalue weighted by molar-refractivity contribution is 0.0741. The van der Waals surface area contributed by atoms with Crippen LogP contribution in [-0.4, -0.2) is 84.2 Å². The van der Waals surface area contributed by atoms with E-state index in [9.17, 15) is 4.79 Å². The van der Waals surface area contributed by atoms with Gasteiger partial charge in [0.05, 0.1) is 20.7 Å². The zero-order valence-corrected chi connectivity index (χ0v) is 25.1. The van der Waals surface area contributed by atoms with Crippen molar-refractivity contribution < 1.29 is 4.79 Å². The highest BCUT2D eigenvalue weighted by molar-refractivity contribution is 7.80. The average Bonchev–Trinajstić information content (AvgIpc) is 3.44. The van der Waals surface area contributed by atoms with E-state index in [1.54, 1.807) is 23.7 Å². The van der Waals surface area contributed by atoms with Gasteiger partial charge in [-0.1, -0.05) is 23.2 Å². The topological polar surface area (TPSA) is 67.8 Å². The number of thiocarbonyl (C=S) groups is 1. The van der Waals surface area contributed by atoms with E-state index >= 15 is 0 Å². The number of amides is 1. The maximum atomic E-state index is 13.2. The summed E-state index contributed by atoms with van der Waals surface area (Å²) < 4.78 is 0. The summed E-state index contributed by atoms with van der Waals surface area (Å²) in [7, 11) is 4.05. The first-order valence-corrected chi connectivity index (χ1v) is 15.0. The van der Waals surface area contributed by atoms with E-state index in [1.165, 1.54) is 0 Å². The molecule has 0 spiro atoms. The SMILES string of the molecule is CN(C)c1ccc(NC(=S)N2CCC(c3nc(C(=O)N4CCN(c5c(Cl)cncc5Cl)CC4)cs3)CC2)cc1. The Morgan fingerprint density at radius 3 is 2.26 bits per heavy atom. The van der Waals surface area contributed by atoms with Crippen LogP contribution in [0.15, 0.2) is 42.0 Å². The van der Waals surface area contributed by atoms with Crippen molar-refractivity contribution in [3.8, 4) is 0 Å². The van der Waals surface area contributed by atoms with E-state index in [1.807, 2.05) is 36.5 Å². The van der Waals surface area contributed by atoms with Gasteiger partial charge in [-0.25, -0.2) is 4.98 Å². The summed E-state index contributed by atoms with van der Waals surface area (Å²) in [6.45, 7) is 4.19. The van der Waals surface area contributed by atoms with Crippen LogP contribution < -0.4 is 15.1 Å². The van der Waals surface area contributed by atoms with Crippen molar-refractivity contribution in [3.63, 3.8) is 0 Å². The first-order chi connectivity index (χ1) is 18.8. The van der Waals surface area contributed by atoms with Crippen molar-refractivity contribution in [2.24, 2.45) is 0 Å². The predicted octanol–water partition coefficient (Wildman–Crippen LogP) is 5.45. The summed E-state index contributed by atoms with van der Waals surface area (Å²) in [6.07, 6.45) is 5.09. The minimum absolute atomic E-state index is 0.0211. The van der Waals surface area contributed by atoms with Crippen molar-refractivity contribution in [2.45, 2.75) is 18.8 Å². The summed E-state index contributed by atoms with van der Waals surface area (Å²) in [4.78, 5) is 30.2. The van der Waals surface area contributed by atoms with Crippen LogP contribution in [0.1, 0.15) is 34.3 Å². The maximum Gasteiger partial charge on any atom is 0.273 e. The van der Waals surface area contributed by atoms with Gasteiger partial charge in [-0.3, -0.25) is 9.78 Å². The van der Waals surface area contributed by atoms with Gasteiger partial charge >= 0.3 is 0 Å². The van der Waals surface area contributed by atoms with Gasteiger partial charge < -0.3 is 24.9 Å². The molecule has 8 nitrogen and oxygen atoms in total. The fraction of sp³-hybridized carbons (Fsp3) is 0.407. The summed E-state index contributed by atoms with van der Waals surface area (Å²) in [5.41, 5.74) is 3.45. The molecule has 0 bridgehead atoms. The van der Waals surface area contributed by atoms with Crippen molar-refractivity contribution in [3.05, 3.63) is 62.8 Å². The Labute approximate surface area is 248 Å². The van der Waals surface area contributed by atoms with Crippen LogP contribution in [0, 0.1) is 0 Å². The predicted molar refractivity (Wildman–Crippen MR) is 165 cm³/mol. The van der Waals surface area contributed by atoms with E-state index in [-0.39, 0.29) is 5.91 Å². The number of nitrogens with one attached hydrogen (secondary N) is 1. The molecule has 2 saturated heterocycles. The Bertz CT molecular complexity index is 1300. The number of aromatic nitrogens is 2. The van der Waals surface area contributed by atoms with E-state index in [4.69, 9.17) is 40.4 Å². The molecule has 2 aliphatic rings. The Balaban J connectivity index is 1.11. The van der Waals surface area contributed by atoms with E-state index in [0.717, 1.165) is 53.1 Å². The van der Waals surface area contributed by atoms with Crippen LogP contribution in [0.3, 0.4) is 0 Å². The molecule has 12 heteroatoms. The van der Waals surface area contributed by atoms with Crippen LogP contribution in [0.5, 0.6) is 0 Å². The molecule has 3 aromatic rings. The highest BCUT2D eigenvalue weighted by atomic mass is 35.5. The maximum absolute atomic E-state index is 13.2. The van der Waals surface area contributed by atoms with Crippen LogP contribution >= 0.6 is 46.8 Å². The average molecular weight is 605 g/mol. The lowest BCUT2D eigenvalue weighted by atomic mass is 9.98. The number of benzene rings is 1. The number of halogens is 2. The molecule has 0 atom stereocenters. The lowest BCUT2D eigenvalue weighted by Gasteiger charge is -2.36. The molecule has 0 unspecified atom stereocenters. The zero-order valence-electron chi connectivity index (χ0n) is 21.9. The molecule has 5 rings (SSSR count). The Hall–Kier alpha value is -2.66. The smallest absolute Gasteiger partial charge is 0.273 e. The third-order valence-electron chi connectivity index (χ3n) is 7.22. The Kier molecular flexibility index (Phi) is 8.76. The number of carbonyl (C=O) groups excluding carboxylic acids is 1. The molecular weight excluding hydrogens is 573 g/mol. The molecule has 2 aromatic heterocycles. The van der Waals surface area contributed by atoms with Gasteiger partial charge in [-0.2, -0.15) is 0 Å². The van der Waals surface area contributed by atoms with Gasteiger partial charge in [0, 0.05) is 88.4 Å². The standard InChI is InChI=1S/C27H31Cl2N7OS2/c1-33(2)20-5-3-19(4-6-20)31-27(38)36-9-7-18(8-10-36)25-32-23(17-39-25)26(37)35-13-11-34(12-14-35)24-21(28)15-30-16-22(24)29/h3-6,15-18H,7-14H2,1-2H3,(H,31,38). The number of thiazole rings is 1. The van der Waals surface area contributed by atoms with Gasteiger partial charge in [-0.05, 0) is 49.3 Å². The normalized spacial score (nSPS) is 16.4. The van der Waals surface area contributed by atoms with Gasteiger partial charge in [-0.15, -0.1) is 11.3 Å². The Morgan fingerprint density at radius 2 is 1.64 bits per heavy atom. The summed E-state index contributed by atoms with van der Waals surface area (Å²) in [5.74, 6) is 0.315. The monoisotopic (exact) mass is 603 g/mol. The third-order valence-corrected chi connectivity index (χ3v) is 9.14. The number of likely N-dealkylation sites (tertiary alicyclic amines) is 1. The quantitative estimate of drug-likeness (QED) is 0.386. The van der Waals surface area contributed by atoms with Crippen molar-refractivity contribution in [2.75, 3.05) is 68.5 Å². The van der Waals surface area contributed by atoms with Crippen LogP contribution in [-0.2, 0) is 0 Å². The van der Waals surface area contributed by atoms with Crippen molar-refractivity contribution in [1.29, 1.82) is 0 Å². The van der Waals surface area contributed by atoms with Crippen LogP contribution in [0.4, 0.5) is 17.1 Å². The van der Waals surface area contributed by atoms with Gasteiger partial charge in [0.1, 0.15) is 5.69 Å². The molecule has 4 heterocycles. The molecule has 1 aromatic carbocycles. The lowest BCUT2D eigenvalue weighted by Crippen LogP contribution is -2.49. The van der Waals surface area contributed by atoms with E-state index in [0.29, 0.717) is 47.8 Å². The van der Waals surface area contributed by atoms with Gasteiger partial charge in [0.15, 0.2) is 5.11 Å². The molecule has 1 N–H and O–H groups in total. The van der Waals surface area contributed by atoms with Gasteiger partial charge in [0.25, 0.3) is 5.91 Å². The number of pyridine rings is 1. The van der Waals surface area contributed by atoms with Crippen molar-refractivity contribution in [1.82, 2.24) is 19.8 Å². The van der Waals surface area contributed by atoms with E-state index < -0.39 is 0 Å². The Morgan fingerprint density at radius 1 is 1.00 bits per heavy atom. The second kappa shape index (κ2) is 12.2. The van der Waals surface area contributed by atoms with Gasteiger partial charge in [0.2, 0.25) is 0 Å². The second-order valence-corrected chi connectivity index (χ2v) is 12.0. The number of hydrogen-bond donors (Lipinski definition) is 1. The molecular formula is C27H31Cl2N7OS2. The van der Waals surface area contributed by atoms with Crippen LogP contribution in [0.25, 0.3) is 0 Å². The summed E-state index contributed by atoms with van der Waals surface area (Å²) in [6, 6.07) is 8.24. The van der Waals surface area contributed by atoms with Crippen molar-refractivity contribution >= 4 is 74.8 Å². The number of piperazine rings is 1. The molecule has 2 aliphatic heterocycles. The molecule has 1 amide bonds. The zero-order chi connectivity index (χ0) is 27.5. The number of carbonyl (C=O) groups is 1. The van der Waals surface area contributed by atoms with Crippen LogP contribution in [0.2, 0.25) is 10.0 Å². The number of piperidine rings is 1. The first kappa shape index (κ1) is 27.9. The highest BCUT2D eigenvalue weighted by Gasteiger charge is 2.28. The highest BCUT2D eigenvalue weighted by Crippen LogP contribution is 2.34. The number of hydrogen-bond acceptors (Lipinski definition) is 7. The molecule has 206 valence electrons. The molecule has 39 heavy (non-hydrogen) atoms. The molecule has 0 aliphatic carbocycles. The molecule has 2 fully saturated rings. The minimum Gasteiger partial charge on any atom is -0.378 e. The number of rotatable bonds is 5. The number of nitrogens with zero attached hydrogens (tertiary/aromatic N) is 6. The third kappa shape index (κ3) is 6.40. The fourth-order valence-electron chi connectivity index (χ4n) is 4.95. The second-order valence-electron chi connectivity index (χ2n) is 9.93. The number of anilines is 3. The molecule has 0 radical (unpaired) electrons. The first-order valence-electron chi connectivity index (χ1n) is 12.9. The summed E-state index contributed by atoms with van der Waals surface area (Å²) >= 11 is 19.9. The fourth-order valence-corrected chi connectivity index (χ4v) is 6.82. The summed E-state index contributed by atoms with van der Waals surface area (Å²) in [5, 5.41) is 8.08. The largest absolute Gasteiger partial charge is 0.378 e.